The molecule has 0 aliphatic carbocycles. The van der Waals surface area contributed by atoms with Crippen LogP contribution >= 0.6 is 0 Å². The van der Waals surface area contributed by atoms with Crippen LogP contribution in [0.2, 0.25) is 0 Å². The van der Waals surface area contributed by atoms with Crippen LogP contribution in [-0.2, 0) is 14.3 Å². The molecule has 1 amide bonds. The average Bonchev–Trinajstić information content (AvgIpc) is 2.87. The van der Waals surface area contributed by atoms with Gasteiger partial charge in [0.2, 0.25) is 5.91 Å². The molecule has 7 nitrogen and oxygen atoms in total. The number of ether oxygens (including phenoxy) is 2. The lowest BCUT2D eigenvalue weighted by Crippen LogP contribution is -2.31. The van der Waals surface area contributed by atoms with Gasteiger partial charge in [-0.05, 0) is 19.1 Å². The number of carbonyl (C=O) groups is 1. The molecule has 2 aromatic rings. The maximum atomic E-state index is 11.7. The minimum atomic E-state index is -0.245. The Hall–Kier alpha value is -1.99. The molecule has 1 unspecified atom stereocenters. The van der Waals surface area contributed by atoms with Gasteiger partial charge in [-0.25, -0.2) is 0 Å². The van der Waals surface area contributed by atoms with Gasteiger partial charge in [0.25, 0.3) is 0 Å². The second kappa shape index (κ2) is 6.97. The normalized spacial score (nSPS) is 12.5. The number of amides is 1. The van der Waals surface area contributed by atoms with Crippen molar-refractivity contribution in [3.05, 3.63) is 30.2 Å². The van der Waals surface area contributed by atoms with Gasteiger partial charge in [-0.15, -0.1) is 10.2 Å². The number of fused-ring (bicyclic) bond motifs is 1. The maximum absolute atomic E-state index is 11.7. The Balaban J connectivity index is 1.91. The van der Waals surface area contributed by atoms with E-state index in [4.69, 9.17) is 9.47 Å². The van der Waals surface area contributed by atoms with Crippen molar-refractivity contribution in [3.63, 3.8) is 0 Å². The van der Waals surface area contributed by atoms with Crippen LogP contribution in [0.5, 0.6) is 0 Å². The first-order chi connectivity index (χ1) is 9.72. The third kappa shape index (κ3) is 3.52. The Morgan fingerprint density at radius 1 is 1.40 bits per heavy atom. The van der Waals surface area contributed by atoms with Gasteiger partial charge in [0, 0.05) is 13.3 Å². The number of methoxy groups -OCH3 is 1. The standard InChI is InChI=1S/C13H18N4O3/c1-10(14-12(18)9-20-8-7-19-2)13-16-15-11-5-3-4-6-17(11)13/h3-6,10H,7-9H2,1-2H3,(H,14,18). The molecule has 1 atom stereocenters. The van der Waals surface area contributed by atoms with Crippen molar-refractivity contribution in [1.29, 1.82) is 0 Å². The quantitative estimate of drug-likeness (QED) is 0.749. The molecular formula is C13H18N4O3. The highest BCUT2D eigenvalue weighted by Gasteiger charge is 2.15. The fourth-order valence-corrected chi connectivity index (χ4v) is 1.81. The van der Waals surface area contributed by atoms with Crippen molar-refractivity contribution < 1.29 is 14.3 Å². The Morgan fingerprint density at radius 2 is 2.25 bits per heavy atom. The topological polar surface area (TPSA) is 77.8 Å². The molecule has 0 saturated carbocycles. The molecule has 0 aromatic carbocycles. The zero-order valence-corrected chi connectivity index (χ0v) is 11.6. The van der Waals surface area contributed by atoms with E-state index < -0.39 is 0 Å². The molecule has 0 aliphatic rings. The summed E-state index contributed by atoms with van der Waals surface area (Å²) >= 11 is 0. The summed E-state index contributed by atoms with van der Waals surface area (Å²) in [6.07, 6.45) is 1.86. The smallest absolute Gasteiger partial charge is 0.246 e. The monoisotopic (exact) mass is 278 g/mol. The maximum Gasteiger partial charge on any atom is 0.246 e. The Morgan fingerprint density at radius 3 is 3.05 bits per heavy atom. The number of nitrogens with zero attached hydrogens (tertiary/aromatic N) is 3. The number of hydrogen-bond donors (Lipinski definition) is 1. The van der Waals surface area contributed by atoms with Gasteiger partial charge >= 0.3 is 0 Å². The molecule has 0 saturated heterocycles. The van der Waals surface area contributed by atoms with E-state index >= 15 is 0 Å². The number of nitrogens with one attached hydrogen (secondary N) is 1. The summed E-state index contributed by atoms with van der Waals surface area (Å²) in [4.78, 5) is 11.7. The largest absolute Gasteiger partial charge is 0.382 e. The summed E-state index contributed by atoms with van der Waals surface area (Å²) in [6, 6.07) is 5.40. The highest BCUT2D eigenvalue weighted by molar-refractivity contribution is 5.77. The van der Waals surface area contributed by atoms with Gasteiger partial charge in [-0.1, -0.05) is 6.07 Å². The predicted molar refractivity (Wildman–Crippen MR) is 72.2 cm³/mol. The van der Waals surface area contributed by atoms with Crippen LogP contribution in [0.15, 0.2) is 24.4 Å². The van der Waals surface area contributed by atoms with Crippen LogP contribution in [0.1, 0.15) is 18.8 Å². The highest BCUT2D eigenvalue weighted by Crippen LogP contribution is 2.11. The van der Waals surface area contributed by atoms with Crippen molar-refractivity contribution >= 4 is 11.6 Å². The molecule has 2 heterocycles. The molecule has 7 heteroatoms. The molecule has 2 aromatic heterocycles. The van der Waals surface area contributed by atoms with Crippen LogP contribution in [-0.4, -0.2) is 47.4 Å². The molecule has 0 aliphatic heterocycles. The van der Waals surface area contributed by atoms with Crippen molar-refractivity contribution in [3.8, 4) is 0 Å². The molecule has 20 heavy (non-hydrogen) atoms. The first kappa shape index (κ1) is 14.4. The summed E-state index contributed by atoms with van der Waals surface area (Å²) in [5, 5.41) is 11.0. The van der Waals surface area contributed by atoms with Gasteiger partial charge in [-0.3, -0.25) is 9.20 Å². The average molecular weight is 278 g/mol. The number of aromatic nitrogens is 3. The summed E-state index contributed by atoms with van der Waals surface area (Å²) < 4.78 is 11.8. The lowest BCUT2D eigenvalue weighted by Gasteiger charge is -2.12. The van der Waals surface area contributed by atoms with E-state index in [9.17, 15) is 4.79 Å². The second-order valence-electron chi connectivity index (χ2n) is 4.32. The summed E-state index contributed by atoms with van der Waals surface area (Å²) in [6.45, 7) is 2.73. The molecular weight excluding hydrogens is 260 g/mol. The van der Waals surface area contributed by atoms with Crippen LogP contribution in [0.25, 0.3) is 5.65 Å². The minimum Gasteiger partial charge on any atom is -0.382 e. The van der Waals surface area contributed by atoms with Gasteiger partial charge in [0.1, 0.15) is 6.61 Å². The molecule has 0 bridgehead atoms. The van der Waals surface area contributed by atoms with Gasteiger partial charge in [0.05, 0.1) is 19.3 Å². The van der Waals surface area contributed by atoms with Crippen molar-refractivity contribution in [1.82, 2.24) is 19.9 Å². The third-order valence-corrected chi connectivity index (χ3v) is 2.77. The van der Waals surface area contributed by atoms with Crippen molar-refractivity contribution in [2.75, 3.05) is 26.9 Å². The fourth-order valence-electron chi connectivity index (χ4n) is 1.81. The van der Waals surface area contributed by atoms with Gasteiger partial charge in [-0.2, -0.15) is 0 Å². The van der Waals surface area contributed by atoms with Crippen LogP contribution in [0, 0.1) is 0 Å². The first-order valence-electron chi connectivity index (χ1n) is 6.38. The van der Waals surface area contributed by atoms with Crippen LogP contribution < -0.4 is 5.32 Å². The molecule has 0 fully saturated rings. The number of hydrogen-bond acceptors (Lipinski definition) is 5. The van der Waals surface area contributed by atoms with Crippen LogP contribution in [0.3, 0.4) is 0 Å². The zero-order valence-electron chi connectivity index (χ0n) is 11.6. The molecule has 1 N–H and O–H groups in total. The van der Waals surface area contributed by atoms with E-state index in [2.05, 4.69) is 15.5 Å². The molecule has 0 spiro atoms. The lowest BCUT2D eigenvalue weighted by atomic mass is 10.3. The minimum absolute atomic E-state index is 0.00440. The van der Waals surface area contributed by atoms with Gasteiger partial charge in [0.15, 0.2) is 11.5 Å². The fraction of sp³-hybridized carbons (Fsp3) is 0.462. The number of rotatable bonds is 7. The summed E-state index contributed by atoms with van der Waals surface area (Å²) in [7, 11) is 1.59. The predicted octanol–water partition coefficient (Wildman–Crippen LogP) is 0.569. The number of pyridine rings is 1. The Bertz CT molecular complexity index is 569. The van der Waals surface area contributed by atoms with Gasteiger partial charge < -0.3 is 14.8 Å². The zero-order chi connectivity index (χ0) is 14.4. The molecule has 2 rings (SSSR count). The Kier molecular flexibility index (Phi) is 5.03. The first-order valence-corrected chi connectivity index (χ1v) is 6.38. The van der Waals surface area contributed by atoms with E-state index in [1.807, 2.05) is 35.7 Å². The molecule has 108 valence electrons. The van der Waals surface area contributed by atoms with Crippen molar-refractivity contribution in [2.24, 2.45) is 0 Å². The molecule has 0 radical (unpaired) electrons. The lowest BCUT2D eigenvalue weighted by molar-refractivity contribution is -0.126. The summed E-state index contributed by atoms with van der Waals surface area (Å²) in [5.41, 5.74) is 0.750. The van der Waals surface area contributed by atoms with Crippen LogP contribution in [0.4, 0.5) is 0 Å². The van der Waals surface area contributed by atoms with Crippen molar-refractivity contribution in [2.45, 2.75) is 13.0 Å². The van der Waals surface area contributed by atoms with E-state index in [1.165, 1.54) is 0 Å². The Labute approximate surface area is 116 Å². The summed E-state index contributed by atoms with van der Waals surface area (Å²) in [5.74, 6) is 0.493. The highest BCUT2D eigenvalue weighted by atomic mass is 16.5. The van der Waals surface area contributed by atoms with E-state index in [0.717, 1.165) is 5.65 Å². The SMILES string of the molecule is COCCOCC(=O)NC(C)c1nnc2ccccn12. The van der Waals surface area contributed by atoms with E-state index in [-0.39, 0.29) is 18.6 Å². The van der Waals surface area contributed by atoms with E-state index in [1.54, 1.807) is 7.11 Å². The number of carbonyl (C=O) groups excluding carboxylic acids is 1. The second-order valence-corrected chi connectivity index (χ2v) is 4.32. The van der Waals surface area contributed by atoms with E-state index in [0.29, 0.717) is 19.0 Å². The third-order valence-electron chi connectivity index (χ3n) is 2.77.